The molecule has 2 aromatic rings. The highest BCUT2D eigenvalue weighted by atomic mass is 32.2. The van der Waals surface area contributed by atoms with Crippen LogP contribution in [0.15, 0.2) is 80.0 Å². The van der Waals surface area contributed by atoms with Crippen LogP contribution in [0.5, 0.6) is 0 Å². The molecule has 2 aliphatic heterocycles. The summed E-state index contributed by atoms with van der Waals surface area (Å²) >= 11 is 7.46. The van der Waals surface area contributed by atoms with Gasteiger partial charge in [0.25, 0.3) is 0 Å². The standard InChI is InChI=1S/C18H12S4/c1-3-7-13(8-4-1)15-11-19-17(21-15)18-20-12-16(22-18)14-9-5-2-6-10-14/h1-12H/b18-17+. The van der Waals surface area contributed by atoms with E-state index < -0.39 is 0 Å². The molecule has 0 aliphatic carbocycles. The van der Waals surface area contributed by atoms with Gasteiger partial charge in [0, 0.05) is 9.81 Å². The summed E-state index contributed by atoms with van der Waals surface area (Å²) in [5.74, 6) is 0. The summed E-state index contributed by atoms with van der Waals surface area (Å²) in [5.41, 5.74) is 2.61. The van der Waals surface area contributed by atoms with Crippen LogP contribution in [0.3, 0.4) is 0 Å². The van der Waals surface area contributed by atoms with Gasteiger partial charge in [-0.1, -0.05) is 108 Å². The van der Waals surface area contributed by atoms with Gasteiger partial charge in [-0.3, -0.25) is 0 Å². The fourth-order valence-corrected chi connectivity index (χ4v) is 7.08. The van der Waals surface area contributed by atoms with Gasteiger partial charge in [0.2, 0.25) is 0 Å². The van der Waals surface area contributed by atoms with Crippen LogP contribution in [0.25, 0.3) is 9.81 Å². The smallest absolute Gasteiger partial charge is 0.0700 e. The first-order valence-electron chi connectivity index (χ1n) is 6.84. The fraction of sp³-hybridized carbons (Fsp3) is 0. The summed E-state index contributed by atoms with van der Waals surface area (Å²) in [7, 11) is 0. The first-order chi connectivity index (χ1) is 10.9. The third-order valence-corrected chi connectivity index (χ3v) is 8.60. The van der Waals surface area contributed by atoms with Crippen LogP contribution in [0.4, 0.5) is 0 Å². The Bertz CT molecular complexity index is 706. The molecule has 0 saturated carbocycles. The highest BCUT2D eigenvalue weighted by molar-refractivity contribution is 8.36. The zero-order chi connectivity index (χ0) is 14.8. The molecule has 2 heterocycles. The molecule has 0 spiro atoms. The molecule has 0 amide bonds. The minimum Gasteiger partial charge on any atom is -0.0878 e. The molecule has 0 N–H and O–H groups in total. The Morgan fingerprint density at radius 2 is 0.909 bits per heavy atom. The van der Waals surface area contributed by atoms with Crippen molar-refractivity contribution < 1.29 is 0 Å². The van der Waals surface area contributed by atoms with E-state index in [2.05, 4.69) is 71.5 Å². The van der Waals surface area contributed by atoms with Crippen LogP contribution in [0, 0.1) is 0 Å². The zero-order valence-corrected chi connectivity index (χ0v) is 14.8. The molecule has 0 aromatic heterocycles. The molecule has 0 unspecified atom stereocenters. The Hall–Kier alpha value is -0.940. The number of rotatable bonds is 2. The minimum atomic E-state index is 1.31. The predicted octanol–water partition coefficient (Wildman–Crippen LogP) is 7.07. The molecule has 0 atom stereocenters. The SMILES string of the molecule is C1=C(c2ccccc2)S/C(=C2\SC=C(c3ccccc3)S2)S1. The van der Waals surface area contributed by atoms with E-state index in [0.29, 0.717) is 0 Å². The second-order valence-electron chi connectivity index (χ2n) is 4.71. The average Bonchev–Trinajstić information content (AvgIpc) is 3.26. The van der Waals surface area contributed by atoms with Crippen LogP contribution in [-0.2, 0) is 0 Å². The van der Waals surface area contributed by atoms with Crippen molar-refractivity contribution in [3.05, 3.63) is 91.1 Å². The molecule has 4 heteroatoms. The summed E-state index contributed by atoms with van der Waals surface area (Å²) in [5, 5.41) is 4.54. The molecule has 2 aliphatic rings. The Kier molecular flexibility index (Phi) is 4.44. The molecular formula is C18H12S4. The molecule has 0 radical (unpaired) electrons. The van der Waals surface area contributed by atoms with Crippen molar-refractivity contribution in [1.29, 1.82) is 0 Å². The molecular weight excluding hydrogens is 344 g/mol. The summed E-state index contributed by atoms with van der Waals surface area (Å²) in [6.07, 6.45) is 0. The molecule has 22 heavy (non-hydrogen) atoms. The van der Waals surface area contributed by atoms with Crippen molar-refractivity contribution >= 4 is 56.9 Å². The quantitative estimate of drug-likeness (QED) is 0.564. The minimum absolute atomic E-state index is 1.31. The third-order valence-electron chi connectivity index (χ3n) is 3.23. The Labute approximate surface area is 147 Å². The lowest BCUT2D eigenvalue weighted by Crippen LogP contribution is -1.76. The highest BCUT2D eigenvalue weighted by Crippen LogP contribution is 2.58. The maximum atomic E-state index is 2.27. The molecule has 0 saturated heterocycles. The second-order valence-corrected chi connectivity index (χ2v) is 9.09. The first kappa shape index (κ1) is 14.6. The largest absolute Gasteiger partial charge is 0.0878 e. The Balaban J connectivity index is 1.50. The van der Waals surface area contributed by atoms with Crippen molar-refractivity contribution in [1.82, 2.24) is 0 Å². The van der Waals surface area contributed by atoms with E-state index in [1.807, 2.05) is 47.0 Å². The highest BCUT2D eigenvalue weighted by Gasteiger charge is 2.22. The molecule has 108 valence electrons. The summed E-state index contributed by atoms with van der Waals surface area (Å²) in [6, 6.07) is 21.2. The van der Waals surface area contributed by atoms with Gasteiger partial charge in [-0.05, 0) is 21.9 Å². The van der Waals surface area contributed by atoms with E-state index in [0.717, 1.165) is 0 Å². The molecule has 2 aromatic carbocycles. The van der Waals surface area contributed by atoms with Crippen molar-refractivity contribution in [2.45, 2.75) is 0 Å². The van der Waals surface area contributed by atoms with Gasteiger partial charge in [-0.25, -0.2) is 0 Å². The second kappa shape index (κ2) is 6.67. The first-order valence-corrected chi connectivity index (χ1v) is 10.2. The van der Waals surface area contributed by atoms with Gasteiger partial charge in [0.1, 0.15) is 0 Å². The summed E-state index contributed by atoms with van der Waals surface area (Å²) in [6.45, 7) is 0. The van der Waals surface area contributed by atoms with Crippen molar-refractivity contribution in [3.8, 4) is 0 Å². The number of hydrogen-bond donors (Lipinski definition) is 0. The predicted molar refractivity (Wildman–Crippen MR) is 106 cm³/mol. The van der Waals surface area contributed by atoms with E-state index in [1.54, 1.807) is 0 Å². The lowest BCUT2D eigenvalue weighted by atomic mass is 10.2. The number of benzene rings is 2. The lowest BCUT2D eigenvalue weighted by molar-refractivity contribution is 1.66. The van der Waals surface area contributed by atoms with E-state index in [-0.39, 0.29) is 0 Å². The monoisotopic (exact) mass is 356 g/mol. The summed E-state index contributed by atoms with van der Waals surface area (Å²) < 4.78 is 2.80. The normalized spacial score (nSPS) is 20.9. The fourth-order valence-electron chi connectivity index (χ4n) is 2.15. The van der Waals surface area contributed by atoms with Crippen LogP contribution >= 0.6 is 47.0 Å². The molecule has 0 nitrogen and oxygen atoms in total. The van der Waals surface area contributed by atoms with Gasteiger partial charge in [-0.2, -0.15) is 0 Å². The van der Waals surface area contributed by atoms with Gasteiger partial charge >= 0.3 is 0 Å². The van der Waals surface area contributed by atoms with Gasteiger partial charge < -0.3 is 0 Å². The third kappa shape index (κ3) is 3.06. The topological polar surface area (TPSA) is 0 Å². The number of hydrogen-bond acceptors (Lipinski definition) is 4. The lowest BCUT2D eigenvalue weighted by Gasteiger charge is -2.04. The number of thioether (sulfide) groups is 4. The maximum absolute atomic E-state index is 2.27. The van der Waals surface area contributed by atoms with Crippen LogP contribution in [-0.4, -0.2) is 0 Å². The van der Waals surface area contributed by atoms with Gasteiger partial charge in [0.05, 0.1) is 8.47 Å². The molecule has 0 bridgehead atoms. The Morgan fingerprint density at radius 1 is 0.500 bits per heavy atom. The Morgan fingerprint density at radius 3 is 1.32 bits per heavy atom. The molecule has 0 fully saturated rings. The van der Waals surface area contributed by atoms with Crippen molar-refractivity contribution in [2.75, 3.05) is 0 Å². The zero-order valence-electron chi connectivity index (χ0n) is 11.6. The van der Waals surface area contributed by atoms with Crippen molar-refractivity contribution in [3.63, 3.8) is 0 Å². The van der Waals surface area contributed by atoms with E-state index >= 15 is 0 Å². The maximum Gasteiger partial charge on any atom is 0.0700 e. The molecule has 4 rings (SSSR count). The van der Waals surface area contributed by atoms with Crippen LogP contribution < -0.4 is 0 Å². The van der Waals surface area contributed by atoms with E-state index in [9.17, 15) is 0 Å². The van der Waals surface area contributed by atoms with E-state index in [1.165, 1.54) is 29.4 Å². The average molecular weight is 357 g/mol. The van der Waals surface area contributed by atoms with Crippen LogP contribution in [0.2, 0.25) is 0 Å². The van der Waals surface area contributed by atoms with Crippen LogP contribution in [0.1, 0.15) is 11.1 Å². The van der Waals surface area contributed by atoms with E-state index in [4.69, 9.17) is 0 Å². The summed E-state index contributed by atoms with van der Waals surface area (Å²) in [4.78, 5) is 2.70. The van der Waals surface area contributed by atoms with Gasteiger partial charge in [0.15, 0.2) is 0 Å². The van der Waals surface area contributed by atoms with Gasteiger partial charge in [-0.15, -0.1) is 0 Å². The van der Waals surface area contributed by atoms with Crippen molar-refractivity contribution in [2.24, 2.45) is 0 Å².